The first-order chi connectivity index (χ1) is 13.2. The summed E-state index contributed by atoms with van der Waals surface area (Å²) in [6.45, 7) is 3.17. The van der Waals surface area contributed by atoms with Gasteiger partial charge in [-0.3, -0.25) is 0 Å². The van der Waals surface area contributed by atoms with Crippen LogP contribution in [0, 0.1) is 0 Å². The van der Waals surface area contributed by atoms with E-state index in [2.05, 4.69) is 15.5 Å². The number of aliphatic hydroxyl groups is 1. The number of ether oxygens (including phenoxy) is 1. The zero-order valence-electron chi connectivity index (χ0n) is 15.4. The maximum absolute atomic E-state index is 12.3. The highest BCUT2D eigenvalue weighted by molar-refractivity contribution is 5.89. The molecule has 0 atom stereocenters. The molecule has 0 unspecified atom stereocenters. The number of aliphatic hydroxyl groups excluding tert-OH is 1. The molecule has 0 saturated carbocycles. The maximum atomic E-state index is 12.3. The summed E-state index contributed by atoms with van der Waals surface area (Å²) in [5.74, 6) is 0.717. The van der Waals surface area contributed by atoms with Crippen LogP contribution in [-0.4, -0.2) is 48.3 Å². The van der Waals surface area contributed by atoms with Gasteiger partial charge in [-0.1, -0.05) is 36.4 Å². The van der Waals surface area contributed by atoms with E-state index in [9.17, 15) is 4.79 Å². The molecule has 0 spiro atoms. The van der Waals surface area contributed by atoms with Gasteiger partial charge in [-0.05, 0) is 30.5 Å². The van der Waals surface area contributed by atoms with Crippen molar-refractivity contribution >= 4 is 11.7 Å². The highest BCUT2D eigenvalue weighted by atomic mass is 16.5. The number of amides is 2. The van der Waals surface area contributed by atoms with Gasteiger partial charge in [-0.25, -0.2) is 4.79 Å². The van der Waals surface area contributed by atoms with E-state index in [0.29, 0.717) is 24.6 Å². The van der Waals surface area contributed by atoms with Crippen molar-refractivity contribution in [2.75, 3.05) is 31.6 Å². The molecule has 1 aliphatic rings. The molecule has 2 aromatic rings. The molecule has 0 radical (unpaired) electrons. The normalized spacial score (nSPS) is 15.3. The van der Waals surface area contributed by atoms with E-state index in [0.717, 1.165) is 31.5 Å². The molecule has 2 amide bonds. The number of benzene rings is 2. The number of nitrogens with zero attached hydrogens (tertiary/aromatic N) is 1. The van der Waals surface area contributed by atoms with Crippen molar-refractivity contribution in [3.63, 3.8) is 0 Å². The Bertz CT molecular complexity index is 716. The van der Waals surface area contributed by atoms with Gasteiger partial charge in [0.15, 0.2) is 0 Å². The molecule has 1 heterocycles. The third-order valence-electron chi connectivity index (χ3n) is 4.68. The molecule has 3 N–H and O–H groups in total. The third-order valence-corrected chi connectivity index (χ3v) is 4.68. The zero-order chi connectivity index (χ0) is 18.9. The van der Waals surface area contributed by atoms with Crippen LogP contribution in [-0.2, 0) is 6.61 Å². The molecule has 144 valence electrons. The first-order valence-electron chi connectivity index (χ1n) is 9.40. The number of piperidine rings is 1. The van der Waals surface area contributed by atoms with Crippen molar-refractivity contribution in [2.45, 2.75) is 25.5 Å². The average molecular weight is 369 g/mol. The zero-order valence-corrected chi connectivity index (χ0v) is 15.4. The van der Waals surface area contributed by atoms with E-state index >= 15 is 0 Å². The molecule has 27 heavy (non-hydrogen) atoms. The number of rotatable bonds is 7. The van der Waals surface area contributed by atoms with Crippen LogP contribution < -0.4 is 15.4 Å². The molecule has 1 fully saturated rings. The highest BCUT2D eigenvalue weighted by Crippen LogP contribution is 2.19. The largest absolute Gasteiger partial charge is 0.489 e. The summed E-state index contributed by atoms with van der Waals surface area (Å²) in [5, 5.41) is 14.9. The van der Waals surface area contributed by atoms with E-state index < -0.39 is 0 Å². The maximum Gasteiger partial charge on any atom is 0.319 e. The molecule has 0 aromatic heterocycles. The summed E-state index contributed by atoms with van der Waals surface area (Å²) >= 11 is 0. The van der Waals surface area contributed by atoms with Crippen LogP contribution in [0.5, 0.6) is 5.75 Å². The van der Waals surface area contributed by atoms with Crippen LogP contribution >= 0.6 is 0 Å². The van der Waals surface area contributed by atoms with Gasteiger partial charge in [0.25, 0.3) is 0 Å². The Kier molecular flexibility index (Phi) is 7.07. The standard InChI is InChI=1S/C21H27N3O3/c25-14-13-24-11-9-18(10-12-24)22-21(26)23-19-7-4-8-20(15-19)27-16-17-5-2-1-3-6-17/h1-8,15,18,25H,9-14,16H2,(H2,22,23,26). The van der Waals surface area contributed by atoms with Crippen molar-refractivity contribution in [1.29, 1.82) is 0 Å². The van der Waals surface area contributed by atoms with Crippen LogP contribution in [0.4, 0.5) is 10.5 Å². The number of hydrogen-bond acceptors (Lipinski definition) is 4. The molecule has 0 aliphatic carbocycles. The van der Waals surface area contributed by atoms with E-state index in [1.807, 2.05) is 54.6 Å². The van der Waals surface area contributed by atoms with Gasteiger partial charge >= 0.3 is 6.03 Å². The fourth-order valence-corrected chi connectivity index (χ4v) is 3.20. The van der Waals surface area contributed by atoms with Crippen molar-refractivity contribution in [1.82, 2.24) is 10.2 Å². The summed E-state index contributed by atoms with van der Waals surface area (Å²) in [6, 6.07) is 17.3. The first kappa shape index (κ1) is 19.2. The third kappa shape index (κ3) is 6.27. The molecular weight excluding hydrogens is 342 g/mol. The minimum Gasteiger partial charge on any atom is -0.489 e. The summed E-state index contributed by atoms with van der Waals surface area (Å²) in [5.41, 5.74) is 1.80. The second-order valence-corrected chi connectivity index (χ2v) is 6.74. The Morgan fingerprint density at radius 1 is 1.11 bits per heavy atom. The topological polar surface area (TPSA) is 73.8 Å². The smallest absolute Gasteiger partial charge is 0.319 e. The molecule has 2 aromatic carbocycles. The van der Waals surface area contributed by atoms with E-state index in [1.54, 1.807) is 0 Å². The number of anilines is 1. The monoisotopic (exact) mass is 369 g/mol. The van der Waals surface area contributed by atoms with Gasteiger partial charge in [0.2, 0.25) is 0 Å². The van der Waals surface area contributed by atoms with Crippen LogP contribution in [0.1, 0.15) is 18.4 Å². The molecule has 6 nitrogen and oxygen atoms in total. The second kappa shape index (κ2) is 9.94. The number of hydrogen-bond donors (Lipinski definition) is 3. The van der Waals surface area contributed by atoms with E-state index in [1.165, 1.54) is 0 Å². The van der Waals surface area contributed by atoms with Gasteiger partial charge in [0.1, 0.15) is 12.4 Å². The van der Waals surface area contributed by atoms with Crippen LogP contribution in [0.2, 0.25) is 0 Å². The molecule has 6 heteroatoms. The highest BCUT2D eigenvalue weighted by Gasteiger charge is 2.20. The van der Waals surface area contributed by atoms with E-state index in [4.69, 9.17) is 9.84 Å². The van der Waals surface area contributed by atoms with Crippen molar-refractivity contribution in [3.05, 3.63) is 60.2 Å². The van der Waals surface area contributed by atoms with Gasteiger partial charge in [0, 0.05) is 37.4 Å². The number of β-amino-alcohol motifs (C(OH)–C–C–N with tert-alkyl or cyclic N) is 1. The van der Waals surface area contributed by atoms with Gasteiger partial charge < -0.3 is 25.4 Å². The predicted octanol–water partition coefficient (Wildman–Crippen LogP) is 2.84. The summed E-state index contributed by atoms with van der Waals surface area (Å²) in [4.78, 5) is 14.5. The van der Waals surface area contributed by atoms with Crippen molar-refractivity contribution < 1.29 is 14.6 Å². The molecule has 1 saturated heterocycles. The summed E-state index contributed by atoms with van der Waals surface area (Å²) in [7, 11) is 0. The Hall–Kier alpha value is -2.57. The number of carbonyl (C=O) groups excluding carboxylic acids is 1. The predicted molar refractivity (Wildman–Crippen MR) is 106 cm³/mol. The molecule has 1 aliphatic heterocycles. The lowest BCUT2D eigenvalue weighted by Gasteiger charge is -2.31. The number of carbonyl (C=O) groups is 1. The Balaban J connectivity index is 1.45. The van der Waals surface area contributed by atoms with Crippen LogP contribution in [0.3, 0.4) is 0 Å². The minimum atomic E-state index is -0.198. The minimum absolute atomic E-state index is 0.164. The Labute approximate surface area is 160 Å². The van der Waals surface area contributed by atoms with Gasteiger partial charge in [-0.2, -0.15) is 0 Å². The quantitative estimate of drug-likeness (QED) is 0.702. The molecular formula is C21H27N3O3. The lowest BCUT2D eigenvalue weighted by Crippen LogP contribution is -2.46. The summed E-state index contributed by atoms with van der Waals surface area (Å²) in [6.07, 6.45) is 1.79. The van der Waals surface area contributed by atoms with Gasteiger partial charge in [-0.15, -0.1) is 0 Å². The SMILES string of the molecule is O=C(Nc1cccc(OCc2ccccc2)c1)NC1CCN(CCO)CC1. The molecule has 3 rings (SSSR count). The van der Waals surface area contributed by atoms with Crippen LogP contribution in [0.25, 0.3) is 0 Å². The Morgan fingerprint density at radius 2 is 1.89 bits per heavy atom. The number of nitrogens with one attached hydrogen (secondary N) is 2. The van der Waals surface area contributed by atoms with Crippen molar-refractivity contribution in [2.24, 2.45) is 0 Å². The van der Waals surface area contributed by atoms with Crippen molar-refractivity contribution in [3.8, 4) is 5.75 Å². The molecule has 0 bridgehead atoms. The fourth-order valence-electron chi connectivity index (χ4n) is 3.20. The lowest BCUT2D eigenvalue weighted by atomic mass is 10.1. The fraction of sp³-hybridized carbons (Fsp3) is 0.381. The summed E-state index contributed by atoms with van der Waals surface area (Å²) < 4.78 is 5.80. The number of urea groups is 1. The van der Waals surface area contributed by atoms with E-state index in [-0.39, 0.29) is 18.7 Å². The first-order valence-corrected chi connectivity index (χ1v) is 9.40. The Morgan fingerprint density at radius 3 is 2.63 bits per heavy atom. The lowest BCUT2D eigenvalue weighted by molar-refractivity contribution is 0.158. The second-order valence-electron chi connectivity index (χ2n) is 6.74. The average Bonchev–Trinajstić information content (AvgIpc) is 2.69. The van der Waals surface area contributed by atoms with Crippen LogP contribution in [0.15, 0.2) is 54.6 Å². The number of likely N-dealkylation sites (tertiary alicyclic amines) is 1. The van der Waals surface area contributed by atoms with Gasteiger partial charge in [0.05, 0.1) is 6.61 Å².